The van der Waals surface area contributed by atoms with Gasteiger partial charge in [0.15, 0.2) is 5.72 Å². The minimum absolute atomic E-state index is 0.0197. The van der Waals surface area contributed by atoms with Gasteiger partial charge in [-0.2, -0.15) is 0 Å². The Kier molecular flexibility index (Phi) is 5.35. The molecule has 0 heterocycles. The molecule has 5 nitrogen and oxygen atoms in total. The van der Waals surface area contributed by atoms with E-state index >= 15 is 0 Å². The van der Waals surface area contributed by atoms with Gasteiger partial charge in [-0.3, -0.25) is 5.73 Å². The lowest BCUT2D eigenvalue weighted by atomic mass is 10.3. The summed E-state index contributed by atoms with van der Waals surface area (Å²) in [5.41, 5.74) is 3.96. The van der Waals surface area contributed by atoms with Gasteiger partial charge in [0.05, 0.1) is 13.2 Å². The van der Waals surface area contributed by atoms with E-state index in [0.29, 0.717) is 6.61 Å². The molecule has 5 heteroatoms. The molecule has 0 aliphatic rings. The fourth-order valence-electron chi connectivity index (χ4n) is 0.384. The Morgan fingerprint density at radius 3 is 2.27 bits per heavy atom. The molecule has 68 valence electrons. The minimum Gasteiger partial charge on any atom is -0.392 e. The van der Waals surface area contributed by atoms with Gasteiger partial charge in [-0.1, -0.05) is 0 Å². The lowest BCUT2D eigenvalue weighted by molar-refractivity contribution is -0.170. The third kappa shape index (κ3) is 4.28. The Morgan fingerprint density at radius 1 is 1.36 bits per heavy atom. The van der Waals surface area contributed by atoms with Gasteiger partial charge in [-0.25, -0.2) is 0 Å². The molecule has 0 saturated carbocycles. The van der Waals surface area contributed by atoms with Crippen molar-refractivity contribution >= 4 is 0 Å². The van der Waals surface area contributed by atoms with Crippen LogP contribution in [-0.4, -0.2) is 42.6 Å². The summed E-state index contributed by atoms with van der Waals surface area (Å²) in [6, 6.07) is 0. The summed E-state index contributed by atoms with van der Waals surface area (Å²) in [5.74, 6) is 0. The summed E-state index contributed by atoms with van der Waals surface area (Å²) in [6.45, 7) is 1.42. The van der Waals surface area contributed by atoms with Gasteiger partial charge in [-0.15, -0.1) is 0 Å². The van der Waals surface area contributed by atoms with E-state index in [2.05, 4.69) is 0 Å². The van der Waals surface area contributed by atoms with Crippen molar-refractivity contribution in [3.05, 3.63) is 0 Å². The van der Waals surface area contributed by atoms with Crippen molar-refractivity contribution in [3.8, 4) is 0 Å². The van der Waals surface area contributed by atoms with Crippen LogP contribution in [-0.2, 0) is 9.47 Å². The molecule has 4 N–H and O–H groups in total. The highest BCUT2D eigenvalue weighted by Crippen LogP contribution is 1.99. The van der Waals surface area contributed by atoms with Crippen molar-refractivity contribution in [3.63, 3.8) is 0 Å². The molecule has 0 fully saturated rings. The molecule has 0 amide bonds. The Bertz CT molecular complexity index is 94.6. The van der Waals surface area contributed by atoms with E-state index in [0.717, 1.165) is 0 Å². The van der Waals surface area contributed by atoms with Crippen LogP contribution in [0.25, 0.3) is 0 Å². The highest BCUT2D eigenvalue weighted by molar-refractivity contribution is 4.68. The van der Waals surface area contributed by atoms with Crippen molar-refractivity contribution < 1.29 is 19.7 Å². The maximum absolute atomic E-state index is 8.62. The zero-order valence-corrected chi connectivity index (χ0v) is 6.62. The van der Waals surface area contributed by atoms with E-state index < -0.39 is 18.9 Å². The van der Waals surface area contributed by atoms with Gasteiger partial charge in [0, 0.05) is 6.61 Å². The highest BCUT2D eigenvalue weighted by Gasteiger charge is 2.23. The van der Waals surface area contributed by atoms with Gasteiger partial charge in [0.2, 0.25) is 0 Å². The summed E-state index contributed by atoms with van der Waals surface area (Å²) >= 11 is 0. The molecule has 0 atom stereocenters. The first-order chi connectivity index (χ1) is 5.18. The third-order valence-electron chi connectivity index (χ3n) is 1.17. The predicted octanol–water partition coefficient (Wildman–Crippen LogP) is -1.36. The quantitative estimate of drug-likeness (QED) is 0.334. The molecule has 0 aromatic carbocycles. The van der Waals surface area contributed by atoms with Gasteiger partial charge >= 0.3 is 0 Å². The normalized spacial score (nSPS) is 12.0. The van der Waals surface area contributed by atoms with Crippen molar-refractivity contribution in [2.75, 3.05) is 26.6 Å². The Morgan fingerprint density at radius 2 is 1.91 bits per heavy atom. The summed E-state index contributed by atoms with van der Waals surface area (Å²) in [4.78, 5) is 0. The Hall–Kier alpha value is -0.200. The van der Waals surface area contributed by atoms with Crippen molar-refractivity contribution in [2.24, 2.45) is 5.73 Å². The third-order valence-corrected chi connectivity index (χ3v) is 1.17. The van der Waals surface area contributed by atoms with E-state index in [1.165, 1.54) is 0 Å². The van der Waals surface area contributed by atoms with Crippen molar-refractivity contribution in [1.29, 1.82) is 0 Å². The monoisotopic (exact) mass is 165 g/mol. The number of rotatable bonds is 6. The molecule has 11 heavy (non-hydrogen) atoms. The average Bonchev–Trinajstić information content (AvgIpc) is 2.05. The number of aliphatic hydroxyl groups is 2. The van der Waals surface area contributed by atoms with E-state index in [9.17, 15) is 0 Å². The lowest BCUT2D eigenvalue weighted by Gasteiger charge is -2.24. The molecule has 0 aromatic rings. The molecule has 0 spiro atoms. The molecule has 0 aromatic heterocycles. The SMILES string of the molecule is CCOCOC(N)(CO)CO. The Labute approximate surface area is 65.7 Å². The molecular weight excluding hydrogens is 150 g/mol. The maximum atomic E-state index is 8.62. The second kappa shape index (κ2) is 5.45. The van der Waals surface area contributed by atoms with Crippen LogP contribution in [0.1, 0.15) is 6.92 Å². The zero-order chi connectivity index (χ0) is 8.74. The second-order valence-corrected chi connectivity index (χ2v) is 2.14. The van der Waals surface area contributed by atoms with E-state index in [-0.39, 0.29) is 6.79 Å². The predicted molar refractivity (Wildman–Crippen MR) is 38.7 cm³/mol. The molecule has 0 radical (unpaired) electrons. The molecule has 0 rings (SSSR count). The smallest absolute Gasteiger partial charge is 0.166 e. The number of ether oxygens (including phenoxy) is 2. The second-order valence-electron chi connectivity index (χ2n) is 2.14. The maximum Gasteiger partial charge on any atom is 0.166 e. The van der Waals surface area contributed by atoms with Crippen LogP contribution < -0.4 is 5.73 Å². The van der Waals surface area contributed by atoms with Crippen LogP contribution in [0.2, 0.25) is 0 Å². The largest absolute Gasteiger partial charge is 0.392 e. The fourth-order valence-corrected chi connectivity index (χ4v) is 0.384. The van der Waals surface area contributed by atoms with Crippen LogP contribution in [0.5, 0.6) is 0 Å². The van der Waals surface area contributed by atoms with Crippen LogP contribution in [0.4, 0.5) is 0 Å². The first kappa shape index (κ1) is 10.8. The Balaban J connectivity index is 3.51. The van der Waals surface area contributed by atoms with Crippen LogP contribution in [0.3, 0.4) is 0 Å². The summed E-state index contributed by atoms with van der Waals surface area (Å²) in [5, 5.41) is 17.2. The average molecular weight is 165 g/mol. The summed E-state index contributed by atoms with van der Waals surface area (Å²) in [6.07, 6.45) is 0. The van der Waals surface area contributed by atoms with E-state index in [1.54, 1.807) is 6.92 Å². The molecule has 0 unspecified atom stereocenters. The highest BCUT2D eigenvalue weighted by atomic mass is 16.7. The fraction of sp³-hybridized carbons (Fsp3) is 1.00. The van der Waals surface area contributed by atoms with Crippen molar-refractivity contribution in [2.45, 2.75) is 12.6 Å². The van der Waals surface area contributed by atoms with Gasteiger partial charge in [0.25, 0.3) is 0 Å². The summed E-state index contributed by atoms with van der Waals surface area (Å²) in [7, 11) is 0. The van der Waals surface area contributed by atoms with Crippen LogP contribution in [0.15, 0.2) is 0 Å². The lowest BCUT2D eigenvalue weighted by Crippen LogP contribution is -2.50. The van der Waals surface area contributed by atoms with Crippen LogP contribution >= 0.6 is 0 Å². The molecule has 0 aliphatic heterocycles. The van der Waals surface area contributed by atoms with Gasteiger partial charge in [-0.05, 0) is 6.92 Å². The number of aliphatic hydroxyl groups excluding tert-OH is 2. The summed E-state index contributed by atoms with van der Waals surface area (Å²) < 4.78 is 9.63. The van der Waals surface area contributed by atoms with Crippen LogP contribution in [0, 0.1) is 0 Å². The number of nitrogens with two attached hydrogens (primary N) is 1. The standard InChI is InChI=1S/C6H15NO4/c1-2-10-5-11-6(7,3-8)4-9/h8-9H,2-5,7H2,1H3. The molecule has 0 aliphatic carbocycles. The first-order valence-corrected chi connectivity index (χ1v) is 3.41. The molecule has 0 saturated heterocycles. The van der Waals surface area contributed by atoms with E-state index in [4.69, 9.17) is 25.4 Å². The minimum atomic E-state index is -1.38. The number of hydrogen-bond acceptors (Lipinski definition) is 5. The molecule has 0 bridgehead atoms. The first-order valence-electron chi connectivity index (χ1n) is 3.41. The van der Waals surface area contributed by atoms with Gasteiger partial charge < -0.3 is 19.7 Å². The van der Waals surface area contributed by atoms with E-state index in [1.807, 2.05) is 0 Å². The van der Waals surface area contributed by atoms with Gasteiger partial charge in [0.1, 0.15) is 6.79 Å². The van der Waals surface area contributed by atoms with Crippen molar-refractivity contribution in [1.82, 2.24) is 0 Å². The number of hydrogen-bond donors (Lipinski definition) is 3. The topological polar surface area (TPSA) is 84.9 Å². The zero-order valence-electron chi connectivity index (χ0n) is 6.62. The molecular formula is C6H15NO4.